The highest BCUT2D eigenvalue weighted by Gasteiger charge is 2.33. The van der Waals surface area contributed by atoms with Crippen LogP contribution in [0.1, 0.15) is 39.4 Å². The molecule has 2 N–H and O–H groups in total. The van der Waals surface area contributed by atoms with Crippen LogP contribution in [0, 0.1) is 0 Å². The fourth-order valence-corrected chi connectivity index (χ4v) is 4.86. The number of benzene rings is 4. The van der Waals surface area contributed by atoms with Crippen molar-refractivity contribution in [1.82, 2.24) is 4.90 Å². The van der Waals surface area contributed by atoms with Gasteiger partial charge in [-0.25, -0.2) is 9.59 Å². The van der Waals surface area contributed by atoms with Crippen molar-refractivity contribution in [3.8, 4) is 5.75 Å². The molecule has 0 saturated carbocycles. The third-order valence-electron chi connectivity index (χ3n) is 6.99. The standard InChI is InChI=1S/C31H29NO6/c33-27-13-11-25(12-14-27)30(34)38-19-21-5-9-24(10-6-21)28-15-16-32(31(35)36)18-29(28)37-20-22-7-8-23-3-1-2-4-26(23)17-22/h1-14,17,28-29,33H,15-16,18-20H2,(H,35,36). The molecule has 2 unspecified atom stereocenters. The first-order chi connectivity index (χ1) is 18.5. The second-order valence-corrected chi connectivity index (χ2v) is 9.52. The number of phenols is 1. The number of carbonyl (C=O) groups is 2. The molecule has 7 nitrogen and oxygen atoms in total. The van der Waals surface area contributed by atoms with Crippen LogP contribution in [0.3, 0.4) is 0 Å². The first-order valence-electron chi connectivity index (χ1n) is 12.6. The van der Waals surface area contributed by atoms with Gasteiger partial charge in [-0.3, -0.25) is 0 Å². The number of carbonyl (C=O) groups excluding carboxylic acids is 1. The van der Waals surface area contributed by atoms with Crippen molar-refractivity contribution < 1.29 is 29.3 Å². The van der Waals surface area contributed by atoms with Gasteiger partial charge in [0.25, 0.3) is 0 Å². The van der Waals surface area contributed by atoms with Crippen molar-refractivity contribution in [2.24, 2.45) is 0 Å². The van der Waals surface area contributed by atoms with Gasteiger partial charge in [-0.05, 0) is 64.2 Å². The van der Waals surface area contributed by atoms with Crippen LogP contribution in [0.15, 0.2) is 91.0 Å². The molecule has 38 heavy (non-hydrogen) atoms. The Morgan fingerprint density at radius 1 is 0.842 bits per heavy atom. The molecule has 1 aliphatic heterocycles. The van der Waals surface area contributed by atoms with Crippen LogP contribution in [0.4, 0.5) is 4.79 Å². The molecule has 1 heterocycles. The van der Waals surface area contributed by atoms with Gasteiger partial charge in [-0.2, -0.15) is 0 Å². The van der Waals surface area contributed by atoms with Gasteiger partial charge in [-0.1, -0.05) is 60.7 Å². The molecular weight excluding hydrogens is 482 g/mol. The van der Waals surface area contributed by atoms with E-state index < -0.39 is 12.1 Å². The van der Waals surface area contributed by atoms with E-state index in [4.69, 9.17) is 9.47 Å². The topological polar surface area (TPSA) is 96.3 Å². The number of ether oxygens (including phenoxy) is 2. The van der Waals surface area contributed by atoms with Gasteiger partial charge in [0.1, 0.15) is 12.4 Å². The summed E-state index contributed by atoms with van der Waals surface area (Å²) >= 11 is 0. The molecule has 4 aromatic carbocycles. The van der Waals surface area contributed by atoms with Crippen LogP contribution in [0.2, 0.25) is 0 Å². The summed E-state index contributed by atoms with van der Waals surface area (Å²) in [4.78, 5) is 25.3. The van der Waals surface area contributed by atoms with E-state index in [1.54, 1.807) is 0 Å². The number of esters is 1. The number of hydrogen-bond donors (Lipinski definition) is 2. The number of phenolic OH excluding ortho intramolecular Hbond substituents is 1. The summed E-state index contributed by atoms with van der Waals surface area (Å²) in [5.41, 5.74) is 3.32. The molecule has 4 aromatic rings. The molecule has 0 bridgehead atoms. The van der Waals surface area contributed by atoms with E-state index in [-0.39, 0.29) is 24.4 Å². The van der Waals surface area contributed by atoms with Gasteiger partial charge in [0.15, 0.2) is 0 Å². The summed E-state index contributed by atoms with van der Waals surface area (Å²) in [6.45, 7) is 1.27. The maximum Gasteiger partial charge on any atom is 0.407 e. The Morgan fingerprint density at radius 2 is 1.55 bits per heavy atom. The van der Waals surface area contributed by atoms with E-state index in [9.17, 15) is 19.8 Å². The third-order valence-corrected chi connectivity index (χ3v) is 6.99. The number of piperidine rings is 1. The largest absolute Gasteiger partial charge is 0.508 e. The van der Waals surface area contributed by atoms with Crippen molar-refractivity contribution in [3.63, 3.8) is 0 Å². The zero-order chi connectivity index (χ0) is 26.5. The summed E-state index contributed by atoms with van der Waals surface area (Å²) in [6.07, 6.45) is -0.567. The normalized spacial score (nSPS) is 17.3. The van der Waals surface area contributed by atoms with Gasteiger partial charge in [0, 0.05) is 12.5 Å². The SMILES string of the molecule is O=C(OCc1ccc(C2CCN(C(=O)O)CC2OCc2ccc3ccccc3c2)cc1)c1ccc(O)cc1. The van der Waals surface area contributed by atoms with Gasteiger partial charge >= 0.3 is 12.1 Å². The minimum Gasteiger partial charge on any atom is -0.508 e. The molecule has 1 saturated heterocycles. The van der Waals surface area contributed by atoms with E-state index in [0.717, 1.165) is 27.5 Å². The summed E-state index contributed by atoms with van der Waals surface area (Å²) in [7, 11) is 0. The molecule has 194 valence electrons. The lowest BCUT2D eigenvalue weighted by Gasteiger charge is -2.37. The fraction of sp³-hybridized carbons (Fsp3) is 0.226. The van der Waals surface area contributed by atoms with E-state index in [0.29, 0.717) is 31.7 Å². The zero-order valence-corrected chi connectivity index (χ0v) is 20.8. The average molecular weight is 512 g/mol. The minimum atomic E-state index is -0.937. The third kappa shape index (κ3) is 5.95. The van der Waals surface area contributed by atoms with Crippen molar-refractivity contribution >= 4 is 22.8 Å². The van der Waals surface area contributed by atoms with Crippen LogP contribution in [0.5, 0.6) is 5.75 Å². The van der Waals surface area contributed by atoms with Crippen LogP contribution in [-0.2, 0) is 22.7 Å². The quantitative estimate of drug-likeness (QED) is 0.298. The van der Waals surface area contributed by atoms with Crippen molar-refractivity contribution in [2.75, 3.05) is 13.1 Å². The molecule has 5 rings (SSSR count). The Balaban J connectivity index is 1.25. The first kappa shape index (κ1) is 25.3. The first-order valence-corrected chi connectivity index (χ1v) is 12.6. The minimum absolute atomic E-state index is 0.0413. The predicted molar refractivity (Wildman–Crippen MR) is 143 cm³/mol. The number of nitrogens with zero attached hydrogens (tertiary/aromatic N) is 1. The number of hydrogen-bond acceptors (Lipinski definition) is 5. The van der Waals surface area contributed by atoms with Crippen molar-refractivity contribution in [1.29, 1.82) is 0 Å². The zero-order valence-electron chi connectivity index (χ0n) is 20.8. The molecule has 0 radical (unpaired) electrons. The second-order valence-electron chi connectivity index (χ2n) is 9.52. The smallest absolute Gasteiger partial charge is 0.407 e. The Hall–Kier alpha value is -4.36. The van der Waals surface area contributed by atoms with Gasteiger partial charge < -0.3 is 24.6 Å². The van der Waals surface area contributed by atoms with Crippen LogP contribution in [-0.4, -0.2) is 46.4 Å². The number of fused-ring (bicyclic) bond motifs is 1. The average Bonchev–Trinajstić information content (AvgIpc) is 2.95. The molecule has 1 amide bonds. The molecule has 1 fully saturated rings. The van der Waals surface area contributed by atoms with Crippen LogP contribution in [0.25, 0.3) is 10.8 Å². The highest BCUT2D eigenvalue weighted by Crippen LogP contribution is 2.32. The molecule has 1 aliphatic rings. The molecule has 0 aromatic heterocycles. The van der Waals surface area contributed by atoms with Gasteiger partial charge in [0.2, 0.25) is 0 Å². The lowest BCUT2D eigenvalue weighted by Crippen LogP contribution is -2.46. The second kappa shape index (κ2) is 11.4. The Labute approximate surface area is 220 Å². The maximum absolute atomic E-state index is 12.3. The lowest BCUT2D eigenvalue weighted by molar-refractivity contribution is -0.0199. The molecular formula is C31H29NO6. The Morgan fingerprint density at radius 3 is 2.29 bits per heavy atom. The number of rotatable bonds is 7. The highest BCUT2D eigenvalue weighted by atomic mass is 16.5. The van der Waals surface area contributed by atoms with Gasteiger partial charge in [-0.15, -0.1) is 0 Å². The maximum atomic E-state index is 12.3. The van der Waals surface area contributed by atoms with Gasteiger partial charge in [0.05, 0.1) is 24.8 Å². The predicted octanol–water partition coefficient (Wildman–Crippen LogP) is 5.96. The molecule has 7 heteroatoms. The summed E-state index contributed by atoms with van der Waals surface area (Å²) in [6, 6.07) is 28.1. The number of likely N-dealkylation sites (tertiary alicyclic amines) is 1. The number of aromatic hydroxyl groups is 1. The molecule has 2 atom stereocenters. The van der Waals surface area contributed by atoms with Crippen LogP contribution < -0.4 is 0 Å². The van der Waals surface area contributed by atoms with Crippen molar-refractivity contribution in [2.45, 2.75) is 31.7 Å². The Bertz CT molecular complexity index is 1420. The van der Waals surface area contributed by atoms with E-state index in [1.165, 1.54) is 29.2 Å². The summed E-state index contributed by atoms with van der Waals surface area (Å²) < 4.78 is 11.7. The van der Waals surface area contributed by atoms with E-state index in [1.807, 2.05) is 42.5 Å². The molecule has 0 aliphatic carbocycles. The fourth-order valence-electron chi connectivity index (χ4n) is 4.86. The highest BCUT2D eigenvalue weighted by molar-refractivity contribution is 5.89. The van der Waals surface area contributed by atoms with E-state index >= 15 is 0 Å². The molecule has 0 spiro atoms. The summed E-state index contributed by atoms with van der Waals surface area (Å²) in [5, 5.41) is 21.3. The van der Waals surface area contributed by atoms with Crippen molar-refractivity contribution in [3.05, 3.63) is 113 Å². The lowest BCUT2D eigenvalue weighted by atomic mass is 9.86. The number of amides is 1. The van der Waals surface area contributed by atoms with Crippen LogP contribution >= 0.6 is 0 Å². The van der Waals surface area contributed by atoms with E-state index in [2.05, 4.69) is 24.3 Å². The monoisotopic (exact) mass is 511 g/mol. The summed E-state index contributed by atoms with van der Waals surface area (Å²) in [5.74, 6) is -0.331. The number of carboxylic acid groups (broad SMARTS) is 1. The Kier molecular flexibility index (Phi) is 7.56.